The zero-order valence-electron chi connectivity index (χ0n) is 16.2. The molecule has 6 heteroatoms. The van der Waals surface area contributed by atoms with Gasteiger partial charge in [-0.1, -0.05) is 54.1 Å². The Morgan fingerprint density at radius 2 is 1.86 bits per heavy atom. The van der Waals surface area contributed by atoms with E-state index in [1.165, 1.54) is 7.11 Å². The summed E-state index contributed by atoms with van der Waals surface area (Å²) in [4.78, 5) is 11.8. The second kappa shape index (κ2) is 8.59. The van der Waals surface area contributed by atoms with E-state index in [1.54, 1.807) is 13.8 Å². The number of aromatic nitrogens is 2. The summed E-state index contributed by atoms with van der Waals surface area (Å²) in [5.74, 6) is -0.422. The first-order valence-corrected chi connectivity index (χ1v) is 9.36. The summed E-state index contributed by atoms with van der Waals surface area (Å²) in [5.41, 5.74) is 2.76. The standard InChI is InChI=1S/C22H23ClN2O3/c1-22(2,21(26)27-3)28-15-19-13-20(17-9-5-4-6-10-17)25(24-19)14-16-8-7-11-18(23)12-16/h4-13H,14-15H2,1-3H3. The molecule has 0 spiro atoms. The topological polar surface area (TPSA) is 53.4 Å². The number of carbonyl (C=O) groups is 1. The number of ether oxygens (including phenoxy) is 2. The Hall–Kier alpha value is -2.63. The molecule has 0 saturated heterocycles. The van der Waals surface area contributed by atoms with Crippen molar-refractivity contribution in [3.05, 3.63) is 76.9 Å². The number of methoxy groups -OCH3 is 1. The molecule has 1 heterocycles. The van der Waals surface area contributed by atoms with E-state index in [1.807, 2.05) is 65.3 Å². The number of hydrogen-bond donors (Lipinski definition) is 0. The van der Waals surface area contributed by atoms with Crippen LogP contribution in [0, 0.1) is 0 Å². The normalized spacial score (nSPS) is 11.4. The van der Waals surface area contributed by atoms with Gasteiger partial charge in [0.05, 0.1) is 31.6 Å². The molecular formula is C22H23ClN2O3. The minimum absolute atomic E-state index is 0.199. The van der Waals surface area contributed by atoms with Gasteiger partial charge < -0.3 is 9.47 Å². The largest absolute Gasteiger partial charge is 0.467 e. The van der Waals surface area contributed by atoms with E-state index in [0.717, 1.165) is 22.5 Å². The van der Waals surface area contributed by atoms with Gasteiger partial charge in [-0.2, -0.15) is 5.10 Å². The molecule has 3 aromatic rings. The van der Waals surface area contributed by atoms with E-state index in [0.29, 0.717) is 11.6 Å². The molecule has 0 aliphatic heterocycles. The third kappa shape index (κ3) is 4.80. The van der Waals surface area contributed by atoms with E-state index in [2.05, 4.69) is 0 Å². The van der Waals surface area contributed by atoms with Crippen molar-refractivity contribution in [1.29, 1.82) is 0 Å². The zero-order valence-corrected chi connectivity index (χ0v) is 16.9. The van der Waals surface area contributed by atoms with Crippen LogP contribution in [0.4, 0.5) is 0 Å². The number of benzene rings is 2. The maximum atomic E-state index is 11.8. The highest BCUT2D eigenvalue weighted by Gasteiger charge is 2.30. The molecule has 2 aromatic carbocycles. The fourth-order valence-electron chi connectivity index (χ4n) is 2.87. The first-order chi connectivity index (χ1) is 13.4. The van der Waals surface area contributed by atoms with Crippen LogP contribution >= 0.6 is 11.6 Å². The SMILES string of the molecule is COC(=O)C(C)(C)OCc1cc(-c2ccccc2)n(Cc2cccc(Cl)c2)n1. The molecule has 0 aliphatic rings. The lowest BCUT2D eigenvalue weighted by Gasteiger charge is -2.21. The second-order valence-corrected chi connectivity index (χ2v) is 7.40. The van der Waals surface area contributed by atoms with E-state index in [4.69, 9.17) is 26.2 Å². The Morgan fingerprint density at radius 3 is 2.54 bits per heavy atom. The molecule has 0 unspecified atom stereocenters. The predicted octanol–water partition coefficient (Wildman–Crippen LogP) is 4.72. The summed E-state index contributed by atoms with van der Waals surface area (Å²) in [7, 11) is 1.35. The predicted molar refractivity (Wildman–Crippen MR) is 109 cm³/mol. The lowest BCUT2D eigenvalue weighted by atomic mass is 10.1. The minimum Gasteiger partial charge on any atom is -0.467 e. The zero-order chi connectivity index (χ0) is 20.1. The number of halogens is 1. The molecular weight excluding hydrogens is 376 g/mol. The minimum atomic E-state index is -1.04. The fraction of sp³-hybridized carbons (Fsp3) is 0.273. The molecule has 0 fully saturated rings. The number of nitrogens with zero attached hydrogens (tertiary/aromatic N) is 2. The van der Waals surface area contributed by atoms with Gasteiger partial charge >= 0.3 is 5.97 Å². The van der Waals surface area contributed by atoms with Crippen molar-refractivity contribution in [3.63, 3.8) is 0 Å². The van der Waals surface area contributed by atoms with Crippen molar-refractivity contribution in [3.8, 4) is 11.3 Å². The monoisotopic (exact) mass is 398 g/mol. The van der Waals surface area contributed by atoms with Crippen LogP contribution in [0.2, 0.25) is 5.02 Å². The van der Waals surface area contributed by atoms with Gasteiger partial charge in [0.25, 0.3) is 0 Å². The first kappa shape index (κ1) is 20.1. The Morgan fingerprint density at radius 1 is 1.11 bits per heavy atom. The lowest BCUT2D eigenvalue weighted by Crippen LogP contribution is -2.35. The fourth-order valence-corrected chi connectivity index (χ4v) is 3.08. The molecule has 0 amide bonds. The number of hydrogen-bond acceptors (Lipinski definition) is 4. The molecule has 0 N–H and O–H groups in total. The number of esters is 1. The van der Waals surface area contributed by atoms with Gasteiger partial charge in [0, 0.05) is 5.02 Å². The number of rotatable bonds is 7. The van der Waals surface area contributed by atoms with E-state index >= 15 is 0 Å². The summed E-state index contributed by atoms with van der Waals surface area (Å²) in [6.45, 7) is 4.13. The highest BCUT2D eigenvalue weighted by atomic mass is 35.5. The van der Waals surface area contributed by atoms with Gasteiger partial charge in [0.2, 0.25) is 0 Å². The Bertz CT molecular complexity index is 951. The molecule has 0 radical (unpaired) electrons. The van der Waals surface area contributed by atoms with Crippen LogP contribution in [0.5, 0.6) is 0 Å². The molecule has 28 heavy (non-hydrogen) atoms. The summed E-state index contributed by atoms with van der Waals surface area (Å²) < 4.78 is 12.5. The number of carbonyl (C=O) groups excluding carboxylic acids is 1. The molecule has 5 nitrogen and oxygen atoms in total. The van der Waals surface area contributed by atoms with E-state index < -0.39 is 11.6 Å². The lowest BCUT2D eigenvalue weighted by molar-refractivity contribution is -0.166. The van der Waals surface area contributed by atoms with Gasteiger partial charge in [-0.05, 0) is 43.2 Å². The molecule has 1 aromatic heterocycles. The third-order valence-corrected chi connectivity index (χ3v) is 4.61. The quantitative estimate of drug-likeness (QED) is 0.540. The van der Waals surface area contributed by atoms with Crippen molar-refractivity contribution in [2.75, 3.05) is 7.11 Å². The van der Waals surface area contributed by atoms with Crippen LogP contribution in [0.3, 0.4) is 0 Å². The highest BCUT2D eigenvalue weighted by Crippen LogP contribution is 2.24. The molecule has 0 bridgehead atoms. The van der Waals surface area contributed by atoms with E-state index in [9.17, 15) is 4.79 Å². The van der Waals surface area contributed by atoms with Crippen LogP contribution in [0.1, 0.15) is 25.1 Å². The Labute approximate surface area is 169 Å². The van der Waals surface area contributed by atoms with Crippen molar-refractivity contribution in [2.45, 2.75) is 32.6 Å². The molecule has 146 valence electrons. The van der Waals surface area contributed by atoms with Gasteiger partial charge in [-0.25, -0.2) is 4.79 Å². The van der Waals surface area contributed by atoms with Crippen LogP contribution in [-0.4, -0.2) is 28.5 Å². The van der Waals surface area contributed by atoms with Gasteiger partial charge in [0.1, 0.15) is 0 Å². The molecule has 0 atom stereocenters. The molecule has 3 rings (SSSR count). The van der Waals surface area contributed by atoms with Crippen LogP contribution < -0.4 is 0 Å². The Kier molecular flexibility index (Phi) is 6.17. The van der Waals surface area contributed by atoms with Crippen LogP contribution in [-0.2, 0) is 27.4 Å². The van der Waals surface area contributed by atoms with Gasteiger partial charge in [-0.3, -0.25) is 4.68 Å². The molecule has 0 saturated carbocycles. The van der Waals surface area contributed by atoms with Crippen LogP contribution in [0.25, 0.3) is 11.3 Å². The van der Waals surface area contributed by atoms with Crippen molar-refractivity contribution in [1.82, 2.24) is 9.78 Å². The summed E-state index contributed by atoms with van der Waals surface area (Å²) in [6.07, 6.45) is 0. The Balaban J connectivity index is 1.88. The smallest absolute Gasteiger partial charge is 0.337 e. The average molecular weight is 399 g/mol. The summed E-state index contributed by atoms with van der Waals surface area (Å²) >= 11 is 6.12. The third-order valence-electron chi connectivity index (χ3n) is 4.38. The summed E-state index contributed by atoms with van der Waals surface area (Å²) in [6, 6.07) is 19.7. The van der Waals surface area contributed by atoms with Crippen molar-refractivity contribution >= 4 is 17.6 Å². The summed E-state index contributed by atoms with van der Waals surface area (Å²) in [5, 5.41) is 5.39. The maximum absolute atomic E-state index is 11.8. The van der Waals surface area contributed by atoms with Gasteiger partial charge in [-0.15, -0.1) is 0 Å². The average Bonchev–Trinajstić information content (AvgIpc) is 3.09. The highest BCUT2D eigenvalue weighted by molar-refractivity contribution is 6.30. The first-order valence-electron chi connectivity index (χ1n) is 8.98. The molecule has 0 aliphatic carbocycles. The van der Waals surface area contributed by atoms with E-state index in [-0.39, 0.29) is 6.61 Å². The van der Waals surface area contributed by atoms with Gasteiger partial charge in [0.15, 0.2) is 5.60 Å². The van der Waals surface area contributed by atoms with Crippen LogP contribution in [0.15, 0.2) is 60.7 Å². The van der Waals surface area contributed by atoms with Crippen molar-refractivity contribution < 1.29 is 14.3 Å². The second-order valence-electron chi connectivity index (χ2n) is 6.97. The maximum Gasteiger partial charge on any atom is 0.337 e. The van der Waals surface area contributed by atoms with Crippen molar-refractivity contribution in [2.24, 2.45) is 0 Å².